The number of hydrogen-bond acceptors (Lipinski definition) is 4. The van der Waals surface area contributed by atoms with Crippen molar-refractivity contribution >= 4 is 23.2 Å². The van der Waals surface area contributed by atoms with E-state index in [9.17, 15) is 18.0 Å². The number of amides is 1. The Hall–Kier alpha value is -3.20. The Morgan fingerprint density at radius 1 is 1.17 bits per heavy atom. The minimum absolute atomic E-state index is 0.0730. The topological polar surface area (TPSA) is 65.4 Å². The van der Waals surface area contributed by atoms with Crippen LogP contribution in [0.25, 0.3) is 11.1 Å². The van der Waals surface area contributed by atoms with Crippen LogP contribution in [0.2, 0.25) is 5.02 Å². The summed E-state index contributed by atoms with van der Waals surface area (Å²) in [6.45, 7) is 1.27. The number of fused-ring (bicyclic) bond motifs is 1. The second-order valence-corrected chi connectivity index (χ2v) is 6.62. The highest BCUT2D eigenvalue weighted by atomic mass is 35.5. The normalized spacial score (nSPS) is 15.2. The summed E-state index contributed by atoms with van der Waals surface area (Å²) in [5.74, 6) is -0.796. The van der Waals surface area contributed by atoms with Crippen molar-refractivity contribution in [2.24, 2.45) is 0 Å². The number of nitrogens with zero attached hydrogens (tertiary/aromatic N) is 2. The molecule has 1 aromatic heterocycles. The van der Waals surface area contributed by atoms with Crippen LogP contribution in [0.3, 0.4) is 0 Å². The summed E-state index contributed by atoms with van der Waals surface area (Å²) in [5, 5.41) is 6.61. The van der Waals surface area contributed by atoms with Gasteiger partial charge in [0.2, 0.25) is 0 Å². The van der Waals surface area contributed by atoms with Crippen molar-refractivity contribution in [1.82, 2.24) is 9.78 Å². The van der Waals surface area contributed by atoms with Crippen molar-refractivity contribution in [2.45, 2.75) is 19.5 Å². The lowest BCUT2D eigenvalue weighted by atomic mass is 10.0. The standard InChI is InChI=1S/C19H13ClF3N3O3/c1-10(21)26-15(6-7-24-26)18(27)25-12-4-2-11(3-5-12)13-8-16-17(9-14(13)20)29-19(22,23)28-16/h2-10H,1H3,(H,25,27). The second kappa shape index (κ2) is 7.00. The fraction of sp³-hybridized carbons (Fsp3) is 0.158. The van der Waals surface area contributed by atoms with E-state index >= 15 is 0 Å². The Morgan fingerprint density at radius 2 is 1.83 bits per heavy atom. The number of benzene rings is 2. The zero-order valence-electron chi connectivity index (χ0n) is 14.8. The Bertz CT molecular complexity index is 1080. The molecule has 2 heterocycles. The molecule has 1 aliphatic rings. The zero-order valence-corrected chi connectivity index (χ0v) is 15.6. The maximum absolute atomic E-state index is 13.5. The number of anilines is 1. The van der Waals surface area contributed by atoms with Crippen LogP contribution in [0.4, 0.5) is 18.9 Å². The molecule has 0 spiro atoms. The smallest absolute Gasteiger partial charge is 0.395 e. The molecule has 4 rings (SSSR count). The van der Waals surface area contributed by atoms with E-state index in [0.717, 1.165) is 4.68 Å². The molecule has 1 amide bonds. The van der Waals surface area contributed by atoms with Gasteiger partial charge in [0.1, 0.15) is 5.69 Å². The van der Waals surface area contributed by atoms with Crippen molar-refractivity contribution in [2.75, 3.05) is 5.32 Å². The fourth-order valence-electron chi connectivity index (χ4n) is 2.90. The van der Waals surface area contributed by atoms with E-state index in [4.69, 9.17) is 11.6 Å². The molecule has 2 aromatic carbocycles. The number of aromatic nitrogens is 2. The summed E-state index contributed by atoms with van der Waals surface area (Å²) in [4.78, 5) is 12.3. The molecule has 1 atom stereocenters. The molecule has 1 unspecified atom stereocenters. The molecule has 3 aromatic rings. The van der Waals surface area contributed by atoms with Gasteiger partial charge in [0.25, 0.3) is 5.91 Å². The molecule has 0 bridgehead atoms. The Labute approximate surface area is 167 Å². The Morgan fingerprint density at radius 3 is 2.48 bits per heavy atom. The number of halogens is 4. The first-order valence-corrected chi connectivity index (χ1v) is 8.80. The Kier molecular flexibility index (Phi) is 4.62. The number of alkyl halides is 3. The summed E-state index contributed by atoms with van der Waals surface area (Å²) >= 11 is 6.18. The average Bonchev–Trinajstić information content (AvgIpc) is 3.25. The van der Waals surface area contributed by atoms with E-state index in [0.29, 0.717) is 16.8 Å². The summed E-state index contributed by atoms with van der Waals surface area (Å²) < 4.78 is 49.7. The lowest BCUT2D eigenvalue weighted by molar-refractivity contribution is -0.286. The van der Waals surface area contributed by atoms with Crippen LogP contribution in [0.1, 0.15) is 23.7 Å². The summed E-state index contributed by atoms with van der Waals surface area (Å²) in [5.41, 5.74) is 1.58. The third-order valence-electron chi connectivity index (χ3n) is 4.18. The van der Waals surface area contributed by atoms with E-state index in [-0.39, 0.29) is 22.2 Å². The molecule has 10 heteroatoms. The van der Waals surface area contributed by atoms with Crippen LogP contribution in [-0.2, 0) is 0 Å². The van der Waals surface area contributed by atoms with E-state index in [2.05, 4.69) is 19.9 Å². The predicted octanol–water partition coefficient (Wildman–Crippen LogP) is 5.27. The van der Waals surface area contributed by atoms with Crippen molar-refractivity contribution < 1.29 is 27.4 Å². The highest BCUT2D eigenvalue weighted by molar-refractivity contribution is 6.33. The van der Waals surface area contributed by atoms with Crippen LogP contribution in [-0.4, -0.2) is 22.0 Å². The van der Waals surface area contributed by atoms with Gasteiger partial charge in [-0.15, -0.1) is 8.78 Å². The van der Waals surface area contributed by atoms with Crippen molar-refractivity contribution in [3.63, 3.8) is 0 Å². The number of rotatable bonds is 4. The first-order valence-electron chi connectivity index (χ1n) is 8.42. The zero-order chi connectivity index (χ0) is 20.8. The van der Waals surface area contributed by atoms with Crippen LogP contribution in [0.5, 0.6) is 11.5 Å². The van der Waals surface area contributed by atoms with Gasteiger partial charge in [0.05, 0.1) is 5.02 Å². The van der Waals surface area contributed by atoms with Gasteiger partial charge in [-0.25, -0.2) is 9.07 Å². The van der Waals surface area contributed by atoms with Crippen LogP contribution >= 0.6 is 11.6 Å². The van der Waals surface area contributed by atoms with E-state index < -0.39 is 18.5 Å². The molecule has 1 N–H and O–H groups in total. The summed E-state index contributed by atoms with van der Waals surface area (Å²) in [7, 11) is 0. The molecule has 6 nitrogen and oxygen atoms in total. The van der Waals surface area contributed by atoms with Gasteiger partial charge >= 0.3 is 6.29 Å². The monoisotopic (exact) mass is 423 g/mol. The van der Waals surface area contributed by atoms with Gasteiger partial charge in [-0.2, -0.15) is 5.10 Å². The van der Waals surface area contributed by atoms with Crippen LogP contribution in [0.15, 0.2) is 48.7 Å². The van der Waals surface area contributed by atoms with Crippen molar-refractivity contribution in [3.05, 3.63) is 59.4 Å². The third-order valence-corrected chi connectivity index (χ3v) is 4.50. The molecule has 0 fully saturated rings. The summed E-state index contributed by atoms with van der Waals surface area (Å²) in [6.07, 6.45) is -3.85. The molecule has 0 aliphatic carbocycles. The quantitative estimate of drug-likeness (QED) is 0.621. The van der Waals surface area contributed by atoms with E-state index in [1.165, 1.54) is 31.3 Å². The third kappa shape index (κ3) is 3.73. The minimum Gasteiger partial charge on any atom is -0.395 e. The first kappa shape index (κ1) is 19.1. The molecule has 1 aliphatic heterocycles. The average molecular weight is 424 g/mol. The Balaban J connectivity index is 1.55. The van der Waals surface area contributed by atoms with Gasteiger partial charge < -0.3 is 14.8 Å². The predicted molar refractivity (Wildman–Crippen MR) is 99.1 cm³/mol. The van der Waals surface area contributed by atoms with Crippen molar-refractivity contribution in [1.29, 1.82) is 0 Å². The number of ether oxygens (including phenoxy) is 2. The molecule has 0 radical (unpaired) electrons. The lowest BCUT2D eigenvalue weighted by Gasteiger charge is -2.10. The van der Waals surface area contributed by atoms with Crippen LogP contribution in [0, 0.1) is 0 Å². The number of carbonyl (C=O) groups excluding carboxylic acids is 1. The minimum atomic E-state index is -3.73. The number of nitrogens with one attached hydrogen (secondary N) is 1. The molecule has 0 saturated heterocycles. The van der Waals surface area contributed by atoms with Gasteiger partial charge in [0, 0.05) is 23.5 Å². The number of carbonyl (C=O) groups is 1. The second-order valence-electron chi connectivity index (χ2n) is 6.21. The van der Waals surface area contributed by atoms with Gasteiger partial charge in [-0.3, -0.25) is 4.79 Å². The maximum atomic E-state index is 13.5. The molecule has 0 saturated carbocycles. The van der Waals surface area contributed by atoms with Gasteiger partial charge in [0.15, 0.2) is 17.8 Å². The summed E-state index contributed by atoms with van der Waals surface area (Å²) in [6, 6.07) is 10.5. The van der Waals surface area contributed by atoms with Gasteiger partial charge in [-0.1, -0.05) is 23.7 Å². The van der Waals surface area contributed by atoms with E-state index in [1.54, 1.807) is 24.3 Å². The SMILES string of the molecule is CC(F)n1nccc1C(=O)Nc1ccc(-c2cc3c(cc2Cl)OC(F)(F)O3)cc1. The molecular formula is C19H13ClF3N3O3. The highest BCUT2D eigenvalue weighted by Gasteiger charge is 2.43. The van der Waals surface area contributed by atoms with E-state index in [1.807, 2.05) is 0 Å². The first-order chi connectivity index (χ1) is 13.7. The molecule has 150 valence electrons. The highest BCUT2D eigenvalue weighted by Crippen LogP contribution is 2.46. The maximum Gasteiger partial charge on any atom is 0.586 e. The van der Waals surface area contributed by atoms with Crippen molar-refractivity contribution in [3.8, 4) is 22.6 Å². The fourth-order valence-corrected chi connectivity index (χ4v) is 3.16. The number of hydrogen-bond donors (Lipinski definition) is 1. The van der Waals surface area contributed by atoms with Gasteiger partial charge in [-0.05, 0) is 36.8 Å². The molecule has 29 heavy (non-hydrogen) atoms. The molecular weight excluding hydrogens is 411 g/mol. The lowest BCUT2D eigenvalue weighted by Crippen LogP contribution is -2.25. The largest absolute Gasteiger partial charge is 0.586 e. The van der Waals surface area contributed by atoms with Crippen LogP contribution < -0.4 is 14.8 Å².